The number of sulfonamides is 1. The van der Waals surface area contributed by atoms with Crippen molar-refractivity contribution < 1.29 is 21.9 Å². The number of nitrogens with zero attached hydrogens (tertiary/aromatic N) is 4. The highest BCUT2D eigenvalue weighted by molar-refractivity contribution is 7.89. The third-order valence-corrected chi connectivity index (χ3v) is 7.41. The minimum absolute atomic E-state index is 0.224. The Morgan fingerprint density at radius 1 is 1.14 bits per heavy atom. The average Bonchev–Trinajstić information content (AvgIpc) is 3.08. The Morgan fingerprint density at radius 2 is 1.90 bits per heavy atom. The summed E-state index contributed by atoms with van der Waals surface area (Å²) in [7, 11) is -3.85. The van der Waals surface area contributed by atoms with Gasteiger partial charge in [-0.05, 0) is 25.1 Å². The van der Waals surface area contributed by atoms with Gasteiger partial charge in [0.25, 0.3) is 0 Å². The summed E-state index contributed by atoms with van der Waals surface area (Å²) in [5.41, 5.74) is 3.36. The lowest BCUT2D eigenvalue weighted by Gasteiger charge is -2.33. The van der Waals surface area contributed by atoms with E-state index in [1.807, 2.05) is 4.68 Å². The minimum atomic E-state index is -3.85. The van der Waals surface area contributed by atoms with Crippen LogP contribution in [0.3, 0.4) is 0 Å². The lowest BCUT2D eigenvalue weighted by molar-refractivity contribution is 0.107. The van der Waals surface area contributed by atoms with Crippen LogP contribution in [0.15, 0.2) is 23.1 Å². The zero-order chi connectivity index (χ0) is 20.6. The van der Waals surface area contributed by atoms with E-state index in [0.717, 1.165) is 42.4 Å². The molecule has 0 spiro atoms. The Hall–Kier alpha value is -1.88. The maximum atomic E-state index is 13.5. The van der Waals surface area contributed by atoms with Crippen molar-refractivity contribution in [2.24, 2.45) is 0 Å². The monoisotopic (exact) mass is 426 g/mol. The van der Waals surface area contributed by atoms with Crippen LogP contribution in [0.4, 0.5) is 8.78 Å². The molecular weight excluding hydrogens is 402 g/mol. The summed E-state index contributed by atoms with van der Waals surface area (Å²) in [5.74, 6) is -2.23. The molecule has 1 saturated heterocycles. The number of aryl methyl sites for hydroxylation is 1. The molecule has 2 aliphatic rings. The third-order valence-electron chi connectivity index (χ3n) is 5.51. The van der Waals surface area contributed by atoms with Gasteiger partial charge in [0.1, 0.15) is 0 Å². The SMILES string of the molecule is CCn1nc(CN2CCN(S(=O)(=O)c3ccc(F)c(F)c3)CC2)c2c1CCOC2. The number of hydrogen-bond acceptors (Lipinski definition) is 5. The molecule has 29 heavy (non-hydrogen) atoms. The van der Waals surface area contributed by atoms with Crippen LogP contribution in [-0.4, -0.2) is 60.2 Å². The van der Waals surface area contributed by atoms with Crippen LogP contribution in [0, 0.1) is 11.6 Å². The highest BCUT2D eigenvalue weighted by Gasteiger charge is 2.30. The van der Waals surface area contributed by atoms with E-state index in [-0.39, 0.29) is 18.0 Å². The summed E-state index contributed by atoms with van der Waals surface area (Å²) in [6, 6.07) is 2.68. The van der Waals surface area contributed by atoms with Gasteiger partial charge in [-0.15, -0.1) is 0 Å². The fourth-order valence-electron chi connectivity index (χ4n) is 3.89. The first-order valence-corrected chi connectivity index (χ1v) is 11.2. The Balaban J connectivity index is 1.43. The van der Waals surface area contributed by atoms with Crippen molar-refractivity contribution in [3.8, 4) is 0 Å². The molecule has 1 aromatic carbocycles. The summed E-state index contributed by atoms with van der Waals surface area (Å²) < 4.78 is 61.0. The molecule has 2 aromatic rings. The van der Waals surface area contributed by atoms with E-state index >= 15 is 0 Å². The topological polar surface area (TPSA) is 67.7 Å². The lowest BCUT2D eigenvalue weighted by atomic mass is 10.1. The number of hydrogen-bond donors (Lipinski definition) is 0. The summed E-state index contributed by atoms with van der Waals surface area (Å²) in [4.78, 5) is 1.94. The molecule has 0 saturated carbocycles. The fourth-order valence-corrected chi connectivity index (χ4v) is 5.33. The minimum Gasteiger partial charge on any atom is -0.376 e. The molecule has 10 heteroatoms. The normalized spacial score (nSPS) is 18.7. The smallest absolute Gasteiger partial charge is 0.243 e. The number of fused-ring (bicyclic) bond motifs is 1. The quantitative estimate of drug-likeness (QED) is 0.729. The van der Waals surface area contributed by atoms with E-state index in [2.05, 4.69) is 11.8 Å². The first-order chi connectivity index (χ1) is 13.9. The van der Waals surface area contributed by atoms with Crippen molar-refractivity contribution in [1.82, 2.24) is 19.0 Å². The van der Waals surface area contributed by atoms with Gasteiger partial charge >= 0.3 is 0 Å². The van der Waals surface area contributed by atoms with Gasteiger partial charge in [-0.1, -0.05) is 0 Å². The second-order valence-electron chi connectivity index (χ2n) is 7.25. The maximum Gasteiger partial charge on any atom is 0.243 e. The van der Waals surface area contributed by atoms with Crippen LogP contribution in [0.5, 0.6) is 0 Å². The Kier molecular flexibility index (Phi) is 5.69. The van der Waals surface area contributed by atoms with Gasteiger partial charge in [-0.2, -0.15) is 9.40 Å². The molecule has 158 valence electrons. The highest BCUT2D eigenvalue weighted by Crippen LogP contribution is 2.24. The van der Waals surface area contributed by atoms with E-state index < -0.39 is 21.7 Å². The van der Waals surface area contributed by atoms with Gasteiger partial charge in [0.15, 0.2) is 11.6 Å². The van der Waals surface area contributed by atoms with Crippen LogP contribution in [-0.2, 0) is 40.9 Å². The van der Waals surface area contributed by atoms with Gasteiger partial charge in [-0.25, -0.2) is 17.2 Å². The van der Waals surface area contributed by atoms with Crippen LogP contribution in [0.2, 0.25) is 0 Å². The van der Waals surface area contributed by atoms with Crippen LogP contribution in [0.25, 0.3) is 0 Å². The summed E-state index contributed by atoms with van der Waals surface area (Å²) in [6.07, 6.45) is 0.858. The van der Waals surface area contributed by atoms with Crippen molar-refractivity contribution in [3.63, 3.8) is 0 Å². The molecule has 2 aliphatic heterocycles. The molecule has 7 nitrogen and oxygen atoms in total. The second-order valence-corrected chi connectivity index (χ2v) is 9.18. The third kappa shape index (κ3) is 3.94. The molecule has 0 N–H and O–H groups in total. The fraction of sp³-hybridized carbons (Fsp3) is 0.526. The van der Waals surface area contributed by atoms with E-state index in [0.29, 0.717) is 32.8 Å². The maximum absolute atomic E-state index is 13.5. The number of benzene rings is 1. The molecule has 4 rings (SSSR count). The predicted molar refractivity (Wildman–Crippen MR) is 102 cm³/mol. The Labute approximate surface area is 168 Å². The molecule has 1 aromatic heterocycles. The van der Waals surface area contributed by atoms with Gasteiger partial charge in [0, 0.05) is 56.9 Å². The summed E-state index contributed by atoms with van der Waals surface area (Å²) in [5, 5.41) is 4.72. The molecule has 1 fully saturated rings. The zero-order valence-corrected chi connectivity index (χ0v) is 17.1. The highest BCUT2D eigenvalue weighted by atomic mass is 32.2. The molecule has 0 aliphatic carbocycles. The van der Waals surface area contributed by atoms with Crippen LogP contribution in [0.1, 0.15) is 23.9 Å². The second kappa shape index (κ2) is 8.10. The molecular formula is C19H24F2N4O3S. The molecule has 3 heterocycles. The molecule has 0 radical (unpaired) electrons. The largest absolute Gasteiger partial charge is 0.376 e. The molecule has 0 amide bonds. The Morgan fingerprint density at radius 3 is 2.59 bits per heavy atom. The van der Waals surface area contributed by atoms with Crippen molar-refractivity contribution >= 4 is 10.0 Å². The van der Waals surface area contributed by atoms with Crippen molar-refractivity contribution in [3.05, 3.63) is 46.8 Å². The van der Waals surface area contributed by atoms with Gasteiger partial charge in [0.05, 0.1) is 23.8 Å². The number of halogens is 2. The molecule has 0 atom stereocenters. The van der Waals surface area contributed by atoms with Gasteiger partial charge in [0.2, 0.25) is 10.0 Å². The Bertz CT molecular complexity index is 1000. The standard InChI is InChI=1S/C19H24F2N4O3S/c1-2-25-19-5-10-28-13-15(19)18(22-25)12-23-6-8-24(9-7-23)29(26,27)14-3-4-16(20)17(21)11-14/h3-4,11H,2,5-10,12-13H2,1H3. The van der Waals surface area contributed by atoms with E-state index in [9.17, 15) is 17.2 Å². The van der Waals surface area contributed by atoms with E-state index in [1.165, 1.54) is 10.00 Å². The average molecular weight is 426 g/mol. The number of aromatic nitrogens is 2. The van der Waals surface area contributed by atoms with Crippen LogP contribution < -0.4 is 0 Å². The van der Waals surface area contributed by atoms with Gasteiger partial charge in [-0.3, -0.25) is 9.58 Å². The predicted octanol–water partition coefficient (Wildman–Crippen LogP) is 1.76. The van der Waals surface area contributed by atoms with Crippen molar-refractivity contribution in [1.29, 1.82) is 0 Å². The van der Waals surface area contributed by atoms with E-state index in [4.69, 9.17) is 9.84 Å². The van der Waals surface area contributed by atoms with Gasteiger partial charge < -0.3 is 4.74 Å². The van der Waals surface area contributed by atoms with Crippen molar-refractivity contribution in [2.45, 2.75) is 37.9 Å². The zero-order valence-electron chi connectivity index (χ0n) is 16.3. The number of piperazine rings is 1. The summed E-state index contributed by atoms with van der Waals surface area (Å²) >= 11 is 0. The number of rotatable bonds is 5. The van der Waals surface area contributed by atoms with E-state index in [1.54, 1.807) is 0 Å². The number of ether oxygens (including phenoxy) is 1. The molecule has 0 unspecified atom stereocenters. The summed E-state index contributed by atoms with van der Waals surface area (Å²) in [6.45, 7) is 6.43. The molecule has 0 bridgehead atoms. The first-order valence-electron chi connectivity index (χ1n) is 9.73. The van der Waals surface area contributed by atoms with Crippen molar-refractivity contribution in [2.75, 3.05) is 32.8 Å². The first kappa shape index (κ1) is 20.4. The van der Waals surface area contributed by atoms with Crippen LogP contribution >= 0.6 is 0 Å². The lowest BCUT2D eigenvalue weighted by Crippen LogP contribution is -2.48.